The summed E-state index contributed by atoms with van der Waals surface area (Å²) < 4.78 is 6.07. The molecule has 3 aliphatic heterocycles. The van der Waals surface area contributed by atoms with Gasteiger partial charge in [0.25, 0.3) is 0 Å². The average Bonchev–Trinajstić information content (AvgIpc) is 3.98. The van der Waals surface area contributed by atoms with Crippen LogP contribution in [0.15, 0.2) is 53.9 Å². The first-order valence-corrected chi connectivity index (χ1v) is 30.3. The predicted octanol–water partition coefficient (Wildman–Crippen LogP) is 14.9. The van der Waals surface area contributed by atoms with Gasteiger partial charge in [-0.05, 0) is 137 Å². The van der Waals surface area contributed by atoms with Gasteiger partial charge in [-0.1, -0.05) is 90.7 Å². The summed E-state index contributed by atoms with van der Waals surface area (Å²) in [5.74, 6) is 0.999. The monoisotopic (exact) mass is 1440 g/mol. The molecule has 5 rings (SSSR count). The molecule has 2 aromatic carbocycles. The van der Waals surface area contributed by atoms with Crippen LogP contribution in [0.4, 0.5) is 22.7 Å². The van der Waals surface area contributed by atoms with E-state index in [2.05, 4.69) is 196 Å². The van der Waals surface area contributed by atoms with Crippen molar-refractivity contribution >= 4 is 50.3 Å². The van der Waals surface area contributed by atoms with Crippen molar-refractivity contribution < 1.29 is 64.7 Å². The number of halogens is 3. The average molecular weight is 1440 g/mol. The van der Waals surface area contributed by atoms with Gasteiger partial charge in [-0.3, -0.25) is 0 Å². The normalized spacial score (nSPS) is 13.8. The van der Waals surface area contributed by atoms with Crippen molar-refractivity contribution in [3.05, 3.63) is 73.9 Å². The Bertz CT molecular complexity index is 1340. The van der Waals surface area contributed by atoms with Crippen molar-refractivity contribution in [2.24, 2.45) is 0 Å². The number of anilines is 4. The van der Waals surface area contributed by atoms with Crippen molar-refractivity contribution in [3.8, 4) is 5.75 Å². The molecule has 0 aromatic heterocycles. The number of unbranched alkanes of at least 4 members (excludes halogenated alkanes) is 9. The van der Waals surface area contributed by atoms with Gasteiger partial charge in [0, 0.05) is 40.2 Å². The Morgan fingerprint density at radius 1 is 0.483 bits per heavy atom. The number of ether oxygens (including phenoxy) is 1. The maximum absolute atomic E-state index is 6.07. The molecule has 0 fully saturated rings. The van der Waals surface area contributed by atoms with Crippen LogP contribution >= 0.6 is 27.6 Å². The standard InChI is InChI=1S/C25H43N2O.C11H15N2.C11H21N2.3Au.3ClH/c1-6-7-8-9-10-11-12-13-14-15-18-28-23-16-17-24-25(19-23)27(22(4)5)20-26(24)21(2)3;1-3-12-9-13(4-2)11-8-6-5-7-10(11)12;1-5-10-11(6-2)13(8-4)9-12(10)7-3;;;;;;/h16-17,19-22H,6-15,18H2,1-5H3;5-9H,3-4H2,1-2H3;9H,5-8H2,1-4H3;;;;3*1H/q3*-1;3*+1;;;/p-3. The molecular weight excluding hydrogens is 1360 g/mol. The summed E-state index contributed by atoms with van der Waals surface area (Å²) in [6.45, 7) is 36.2. The zero-order chi connectivity index (χ0) is 45.5. The zero-order valence-corrected chi connectivity index (χ0v) is 47.3. The molecule has 60 heavy (non-hydrogen) atoms. The molecule has 0 amide bonds. The Labute approximate surface area is 418 Å². The molecule has 13 heteroatoms. The Hall–Kier alpha value is -0.129. The van der Waals surface area contributed by atoms with Crippen LogP contribution in [-0.2, 0) is 60.0 Å². The molecule has 0 radical (unpaired) electrons. The first-order chi connectivity index (χ1) is 29.2. The van der Waals surface area contributed by atoms with Crippen molar-refractivity contribution in [2.75, 3.05) is 52.4 Å². The van der Waals surface area contributed by atoms with Crippen LogP contribution in [0.3, 0.4) is 0 Å². The number of hydrogen-bond donors (Lipinski definition) is 0. The maximum atomic E-state index is 6.07. The molecule has 2 aromatic rings. The summed E-state index contributed by atoms with van der Waals surface area (Å²) in [5.41, 5.74) is 8.22. The molecule has 0 saturated heterocycles. The van der Waals surface area contributed by atoms with Gasteiger partial charge in [0.15, 0.2) is 0 Å². The minimum absolute atomic E-state index is 0.444. The fraction of sp³-hybridized carbons (Fsp3) is 0.638. The van der Waals surface area contributed by atoms with Crippen LogP contribution in [-0.4, -0.2) is 54.7 Å². The zero-order valence-electron chi connectivity index (χ0n) is 38.6. The number of para-hydroxylation sites is 2. The Balaban J connectivity index is 0.000000904. The van der Waals surface area contributed by atoms with E-state index in [-0.39, 0.29) is 0 Å². The molecular formula is C47H79Au3Cl3N6O-3. The quantitative estimate of drug-likeness (QED) is 0.0741. The minimum atomic E-state index is 0.444. The van der Waals surface area contributed by atoms with E-state index in [0.29, 0.717) is 12.1 Å². The van der Waals surface area contributed by atoms with Crippen LogP contribution in [0.1, 0.15) is 153 Å². The van der Waals surface area contributed by atoms with Crippen molar-refractivity contribution in [1.82, 2.24) is 9.80 Å². The molecule has 3 heterocycles. The van der Waals surface area contributed by atoms with E-state index >= 15 is 0 Å². The SMILES string of the molecule is CCC1=C(CC)N(CC)[CH-]N1CC.CCCCCCCCCCCCOc1ccc2c(c1)N(C(C)C)[CH-]N2C(C)C.CCN1[CH-]N(CC)c2ccccc21.[Cl][Au].[Cl][Au].[Cl][Au]. The van der Waals surface area contributed by atoms with E-state index in [4.69, 9.17) is 4.74 Å². The van der Waals surface area contributed by atoms with Gasteiger partial charge < -0.3 is 34.1 Å². The van der Waals surface area contributed by atoms with Crippen LogP contribution < -0.4 is 24.3 Å². The van der Waals surface area contributed by atoms with Crippen LogP contribution in [0.25, 0.3) is 0 Å². The predicted molar refractivity (Wildman–Crippen MR) is 254 cm³/mol. The second-order valence-corrected chi connectivity index (χ2v) is 15.3. The summed E-state index contributed by atoms with van der Waals surface area (Å²) in [5, 5.41) is 0. The first kappa shape index (κ1) is 59.9. The number of allylic oxidation sites excluding steroid dienone is 2. The van der Waals surface area contributed by atoms with Gasteiger partial charge in [-0.25, -0.2) is 0 Å². The van der Waals surface area contributed by atoms with E-state index < -0.39 is 0 Å². The second kappa shape index (κ2) is 37.1. The molecule has 0 saturated carbocycles. The van der Waals surface area contributed by atoms with Gasteiger partial charge in [-0.15, -0.1) is 0 Å². The number of rotatable bonds is 20. The van der Waals surface area contributed by atoms with E-state index in [0.717, 1.165) is 57.8 Å². The fourth-order valence-electron chi connectivity index (χ4n) is 7.62. The van der Waals surface area contributed by atoms with E-state index in [1.807, 2.05) is 0 Å². The molecule has 0 aliphatic carbocycles. The van der Waals surface area contributed by atoms with Gasteiger partial charge >= 0.3 is 87.5 Å². The Morgan fingerprint density at radius 3 is 1.28 bits per heavy atom. The van der Waals surface area contributed by atoms with Gasteiger partial charge in [0.2, 0.25) is 0 Å². The van der Waals surface area contributed by atoms with Crippen molar-refractivity contribution in [3.63, 3.8) is 0 Å². The number of nitrogens with zero attached hydrogens (tertiary/aromatic N) is 6. The summed E-state index contributed by atoms with van der Waals surface area (Å²) >= 11 is 5.25. The molecule has 0 spiro atoms. The molecule has 7 nitrogen and oxygen atoms in total. The van der Waals surface area contributed by atoms with Crippen molar-refractivity contribution in [1.29, 1.82) is 0 Å². The molecule has 0 unspecified atom stereocenters. The Kier molecular flexibility index (Phi) is 37.0. The molecule has 0 atom stereocenters. The number of fused-ring (bicyclic) bond motifs is 2. The second-order valence-electron chi connectivity index (χ2n) is 15.3. The number of benzene rings is 2. The van der Waals surface area contributed by atoms with E-state index in [9.17, 15) is 0 Å². The molecule has 360 valence electrons. The van der Waals surface area contributed by atoms with Gasteiger partial charge in [0.1, 0.15) is 5.75 Å². The molecule has 0 bridgehead atoms. The summed E-state index contributed by atoms with van der Waals surface area (Å²) in [6.07, 6.45) is 15.9. The summed E-state index contributed by atoms with van der Waals surface area (Å²) in [7, 11) is 13.8. The number of hydrogen-bond acceptors (Lipinski definition) is 7. The van der Waals surface area contributed by atoms with E-state index in [1.54, 1.807) is 60.0 Å². The van der Waals surface area contributed by atoms with E-state index in [1.165, 1.54) is 91.9 Å². The summed E-state index contributed by atoms with van der Waals surface area (Å²) in [6, 6.07) is 16.0. The fourth-order valence-corrected chi connectivity index (χ4v) is 7.62. The van der Waals surface area contributed by atoms with Crippen molar-refractivity contribution in [2.45, 2.75) is 165 Å². The van der Waals surface area contributed by atoms with Gasteiger partial charge in [-0.2, -0.15) is 20.0 Å². The Morgan fingerprint density at radius 2 is 0.883 bits per heavy atom. The first-order valence-electron chi connectivity index (χ1n) is 22.3. The van der Waals surface area contributed by atoms with Crippen LogP contribution in [0.5, 0.6) is 5.75 Å². The van der Waals surface area contributed by atoms with Crippen LogP contribution in [0.2, 0.25) is 0 Å². The third-order valence-electron chi connectivity index (χ3n) is 10.7. The summed E-state index contributed by atoms with van der Waals surface area (Å²) in [4.78, 5) is 14.0. The third kappa shape index (κ3) is 19.9. The molecule has 0 N–H and O–H groups in total. The molecule has 3 aliphatic rings. The third-order valence-corrected chi connectivity index (χ3v) is 10.7. The van der Waals surface area contributed by atoms with Gasteiger partial charge in [0.05, 0.1) is 6.61 Å². The topological polar surface area (TPSA) is 28.7 Å². The van der Waals surface area contributed by atoms with Crippen LogP contribution in [0, 0.1) is 20.0 Å².